The van der Waals surface area contributed by atoms with Crippen LogP contribution in [0, 0.1) is 5.92 Å². The van der Waals surface area contributed by atoms with Crippen molar-refractivity contribution in [1.29, 1.82) is 0 Å². The number of nitrogens with one attached hydrogen (secondary N) is 2. The Kier molecular flexibility index (Phi) is 5.36. The molecule has 0 bridgehead atoms. The monoisotopic (exact) mass is 278 g/mol. The SMILES string of the molecule is CC(C)[C@@H](NS(=O)(=O)NCC(F)(F)F)C(=O)O. The van der Waals surface area contributed by atoms with E-state index in [0.29, 0.717) is 0 Å². The molecule has 0 aromatic heterocycles. The minimum Gasteiger partial charge on any atom is -0.480 e. The zero-order valence-corrected chi connectivity index (χ0v) is 9.89. The van der Waals surface area contributed by atoms with Crippen molar-refractivity contribution in [3.05, 3.63) is 0 Å². The van der Waals surface area contributed by atoms with Crippen LogP contribution < -0.4 is 9.44 Å². The number of carboxylic acid groups (broad SMARTS) is 1. The standard InChI is InChI=1S/C7H13F3N2O4S/c1-4(2)5(6(13)14)12-17(15,16)11-3-7(8,9)10/h4-5,11-12H,3H2,1-2H3,(H,13,14)/t5-/m1/s1. The molecule has 0 saturated carbocycles. The number of hydrogen-bond donors (Lipinski definition) is 3. The summed E-state index contributed by atoms with van der Waals surface area (Å²) in [4.78, 5) is 10.6. The number of rotatable bonds is 6. The number of halogens is 3. The van der Waals surface area contributed by atoms with Crippen LogP contribution in [0.4, 0.5) is 13.2 Å². The van der Waals surface area contributed by atoms with Gasteiger partial charge >= 0.3 is 12.1 Å². The Labute approximate surface area is 96.4 Å². The van der Waals surface area contributed by atoms with Crippen molar-refractivity contribution in [3.8, 4) is 0 Å². The zero-order valence-electron chi connectivity index (χ0n) is 9.08. The van der Waals surface area contributed by atoms with E-state index in [0.717, 1.165) is 0 Å². The summed E-state index contributed by atoms with van der Waals surface area (Å²) in [7, 11) is -4.50. The maximum absolute atomic E-state index is 11.8. The van der Waals surface area contributed by atoms with E-state index in [9.17, 15) is 26.4 Å². The van der Waals surface area contributed by atoms with Crippen LogP contribution in [0.2, 0.25) is 0 Å². The second kappa shape index (κ2) is 5.65. The summed E-state index contributed by atoms with van der Waals surface area (Å²) in [6, 6.07) is -1.49. The molecule has 0 rings (SSSR count). The van der Waals surface area contributed by atoms with Crippen molar-refractivity contribution in [1.82, 2.24) is 9.44 Å². The highest BCUT2D eigenvalue weighted by Crippen LogP contribution is 2.12. The van der Waals surface area contributed by atoms with E-state index < -0.39 is 40.9 Å². The Morgan fingerprint density at radius 3 is 2.12 bits per heavy atom. The molecule has 0 unspecified atom stereocenters. The smallest absolute Gasteiger partial charge is 0.402 e. The number of carboxylic acids is 1. The Balaban J connectivity index is 4.58. The summed E-state index contributed by atoms with van der Waals surface area (Å²) in [6.07, 6.45) is -4.70. The number of hydrogen-bond acceptors (Lipinski definition) is 3. The first kappa shape index (κ1) is 16.1. The molecular weight excluding hydrogens is 265 g/mol. The minimum absolute atomic E-state index is 0.602. The highest BCUT2D eigenvalue weighted by Gasteiger charge is 2.32. The molecule has 0 spiro atoms. The van der Waals surface area contributed by atoms with Crippen molar-refractivity contribution in [2.24, 2.45) is 5.92 Å². The van der Waals surface area contributed by atoms with Crippen molar-refractivity contribution >= 4 is 16.2 Å². The summed E-state index contributed by atoms with van der Waals surface area (Å²) >= 11 is 0. The Bertz CT molecular complexity index is 366. The van der Waals surface area contributed by atoms with E-state index in [2.05, 4.69) is 0 Å². The lowest BCUT2D eigenvalue weighted by molar-refractivity contribution is -0.140. The van der Waals surface area contributed by atoms with Gasteiger partial charge in [0.25, 0.3) is 10.2 Å². The van der Waals surface area contributed by atoms with Crippen molar-refractivity contribution in [2.75, 3.05) is 6.54 Å². The molecule has 0 heterocycles. The third-order valence-electron chi connectivity index (χ3n) is 1.68. The fourth-order valence-corrected chi connectivity index (χ4v) is 2.00. The lowest BCUT2D eigenvalue weighted by Gasteiger charge is -2.18. The third kappa shape index (κ3) is 7.13. The van der Waals surface area contributed by atoms with Crippen LogP contribution in [0.5, 0.6) is 0 Å². The van der Waals surface area contributed by atoms with Gasteiger partial charge in [0.15, 0.2) is 0 Å². The maximum atomic E-state index is 11.8. The molecule has 0 aliphatic rings. The predicted octanol–water partition coefficient (Wildman–Crippen LogP) is 0.0819. The lowest BCUT2D eigenvalue weighted by atomic mass is 10.1. The Hall–Kier alpha value is -0.870. The molecular formula is C7H13F3N2O4S. The van der Waals surface area contributed by atoms with Crippen LogP contribution in [0.1, 0.15) is 13.8 Å². The molecule has 0 amide bonds. The quantitative estimate of drug-likeness (QED) is 0.641. The molecule has 0 saturated heterocycles. The van der Waals surface area contributed by atoms with E-state index in [-0.39, 0.29) is 0 Å². The fraction of sp³-hybridized carbons (Fsp3) is 0.857. The van der Waals surface area contributed by atoms with Crippen LogP contribution in [0.3, 0.4) is 0 Å². The van der Waals surface area contributed by atoms with Gasteiger partial charge in [0.2, 0.25) is 0 Å². The Morgan fingerprint density at radius 1 is 1.35 bits per heavy atom. The van der Waals surface area contributed by atoms with Gasteiger partial charge in [-0.1, -0.05) is 13.8 Å². The molecule has 10 heteroatoms. The van der Waals surface area contributed by atoms with E-state index in [4.69, 9.17) is 5.11 Å². The van der Waals surface area contributed by atoms with Crippen LogP contribution in [0.15, 0.2) is 0 Å². The first-order chi connectivity index (χ1) is 7.44. The lowest BCUT2D eigenvalue weighted by Crippen LogP contribution is -2.50. The van der Waals surface area contributed by atoms with Gasteiger partial charge in [0.05, 0.1) is 0 Å². The molecule has 6 nitrogen and oxygen atoms in total. The largest absolute Gasteiger partial charge is 0.480 e. The summed E-state index contributed by atoms with van der Waals surface area (Å²) in [5, 5.41) is 8.66. The van der Waals surface area contributed by atoms with Gasteiger partial charge in [-0.2, -0.15) is 31.0 Å². The van der Waals surface area contributed by atoms with Gasteiger partial charge in [-0.3, -0.25) is 4.79 Å². The maximum Gasteiger partial charge on any atom is 0.402 e. The molecule has 17 heavy (non-hydrogen) atoms. The fourth-order valence-electron chi connectivity index (χ4n) is 0.857. The molecule has 1 atom stereocenters. The summed E-state index contributed by atoms with van der Waals surface area (Å²) in [5.41, 5.74) is 0. The number of carbonyl (C=O) groups is 1. The molecule has 0 aromatic rings. The van der Waals surface area contributed by atoms with Crippen LogP contribution in [-0.4, -0.2) is 38.3 Å². The van der Waals surface area contributed by atoms with Gasteiger partial charge in [-0.05, 0) is 5.92 Å². The zero-order chi connectivity index (χ0) is 13.9. The molecule has 102 valence electrons. The van der Waals surface area contributed by atoms with Crippen LogP contribution >= 0.6 is 0 Å². The predicted molar refractivity (Wildman–Crippen MR) is 52.4 cm³/mol. The van der Waals surface area contributed by atoms with E-state index in [1.807, 2.05) is 0 Å². The van der Waals surface area contributed by atoms with Gasteiger partial charge in [0.1, 0.15) is 12.6 Å². The molecule has 0 aliphatic carbocycles. The number of alkyl halides is 3. The van der Waals surface area contributed by atoms with E-state index in [1.165, 1.54) is 18.6 Å². The van der Waals surface area contributed by atoms with Gasteiger partial charge in [0, 0.05) is 0 Å². The average molecular weight is 278 g/mol. The van der Waals surface area contributed by atoms with E-state index >= 15 is 0 Å². The minimum atomic E-state index is -4.70. The molecule has 0 aromatic carbocycles. The summed E-state index contributed by atoms with van der Waals surface area (Å²) in [5.74, 6) is -2.06. The van der Waals surface area contributed by atoms with Gasteiger partial charge in [-0.15, -0.1) is 0 Å². The van der Waals surface area contributed by atoms with Gasteiger partial charge < -0.3 is 5.11 Å². The Morgan fingerprint density at radius 2 is 1.82 bits per heavy atom. The third-order valence-corrected chi connectivity index (χ3v) is 2.77. The summed E-state index contributed by atoms with van der Waals surface area (Å²) < 4.78 is 60.4. The average Bonchev–Trinajstić information content (AvgIpc) is 2.09. The first-order valence-electron chi connectivity index (χ1n) is 4.51. The topological polar surface area (TPSA) is 95.5 Å². The molecule has 0 radical (unpaired) electrons. The van der Waals surface area contributed by atoms with Gasteiger partial charge in [-0.25, -0.2) is 0 Å². The molecule has 0 fully saturated rings. The second-order valence-electron chi connectivity index (χ2n) is 3.62. The number of aliphatic carboxylic acids is 1. The normalized spacial score (nSPS) is 14.9. The second-order valence-corrected chi connectivity index (χ2v) is 5.15. The van der Waals surface area contributed by atoms with Crippen LogP contribution in [-0.2, 0) is 15.0 Å². The van der Waals surface area contributed by atoms with Crippen LogP contribution in [0.25, 0.3) is 0 Å². The highest BCUT2D eigenvalue weighted by atomic mass is 32.2. The van der Waals surface area contributed by atoms with Crippen molar-refractivity contribution in [2.45, 2.75) is 26.1 Å². The molecule has 0 aliphatic heterocycles. The highest BCUT2D eigenvalue weighted by molar-refractivity contribution is 7.87. The summed E-state index contributed by atoms with van der Waals surface area (Å²) in [6.45, 7) is 1.09. The van der Waals surface area contributed by atoms with E-state index in [1.54, 1.807) is 4.72 Å². The molecule has 3 N–H and O–H groups in total. The first-order valence-corrected chi connectivity index (χ1v) is 5.99. The van der Waals surface area contributed by atoms with Crippen molar-refractivity contribution < 1.29 is 31.5 Å². The van der Waals surface area contributed by atoms with Crippen molar-refractivity contribution in [3.63, 3.8) is 0 Å².